The lowest BCUT2D eigenvalue weighted by Crippen LogP contribution is -2.29. The minimum absolute atomic E-state index is 0.186. The molecule has 1 fully saturated rings. The zero-order valence-corrected chi connectivity index (χ0v) is 22.9. The number of carbonyl (C=O) groups is 1. The summed E-state index contributed by atoms with van der Waals surface area (Å²) in [7, 11) is 0. The number of aromatic carboxylic acids is 1. The lowest BCUT2D eigenvalue weighted by molar-refractivity contribution is -0.153. The zero-order valence-electron chi connectivity index (χ0n) is 22.1. The number of anilines is 1. The summed E-state index contributed by atoms with van der Waals surface area (Å²) < 4.78 is 45.1. The second kappa shape index (κ2) is 10.7. The second-order valence-corrected chi connectivity index (χ2v) is 10.6. The molecule has 1 saturated carbocycles. The van der Waals surface area contributed by atoms with Gasteiger partial charge in [0, 0.05) is 25.1 Å². The Balaban J connectivity index is 0.000000184. The van der Waals surface area contributed by atoms with Crippen LogP contribution in [0, 0.1) is 12.8 Å². The first-order valence-corrected chi connectivity index (χ1v) is 13.2. The molecule has 0 bridgehead atoms. The fourth-order valence-corrected chi connectivity index (χ4v) is 5.35. The van der Waals surface area contributed by atoms with E-state index in [0.717, 1.165) is 35.8 Å². The number of carboxylic acids is 1. The Bertz CT molecular complexity index is 1620. The van der Waals surface area contributed by atoms with E-state index in [-0.39, 0.29) is 16.2 Å². The van der Waals surface area contributed by atoms with Crippen LogP contribution in [-0.4, -0.2) is 39.0 Å². The van der Waals surface area contributed by atoms with Gasteiger partial charge in [-0.3, -0.25) is 0 Å². The summed E-state index contributed by atoms with van der Waals surface area (Å²) >= 11 is 5.48. The Hall–Kier alpha value is -4.12. The Morgan fingerprint density at radius 1 is 1.20 bits per heavy atom. The molecule has 0 saturated heterocycles. The van der Waals surface area contributed by atoms with Crippen LogP contribution in [-0.2, 0) is 11.8 Å². The maximum atomic E-state index is 11.8. The first-order chi connectivity index (χ1) is 19.4. The lowest BCUT2D eigenvalue weighted by atomic mass is 9.75. The number of aryl methyl sites for hydroxylation is 1. The number of nitrogens with zero attached hydrogens (tertiary/aromatic N) is 3. The van der Waals surface area contributed by atoms with Gasteiger partial charge in [-0.15, -0.1) is 0 Å². The highest BCUT2D eigenvalue weighted by Gasteiger charge is 2.48. The van der Waals surface area contributed by atoms with Crippen LogP contribution >= 0.6 is 11.6 Å². The molecule has 0 amide bonds. The lowest BCUT2D eigenvalue weighted by Gasteiger charge is -2.29. The molecular weight excluding hydrogens is 561 g/mol. The molecule has 4 aromatic rings. The van der Waals surface area contributed by atoms with Crippen LogP contribution in [0.3, 0.4) is 0 Å². The van der Waals surface area contributed by atoms with E-state index in [4.69, 9.17) is 27.0 Å². The topological polar surface area (TPSA) is 124 Å². The number of nitrogen functional groups attached to an aromatic ring is 1. The van der Waals surface area contributed by atoms with Gasteiger partial charge in [-0.1, -0.05) is 53.2 Å². The summed E-state index contributed by atoms with van der Waals surface area (Å²) in [6.45, 7) is 2.51. The molecule has 0 radical (unpaired) electrons. The predicted molar refractivity (Wildman–Crippen MR) is 145 cm³/mol. The van der Waals surface area contributed by atoms with E-state index in [9.17, 15) is 18.0 Å². The highest BCUT2D eigenvalue weighted by Crippen LogP contribution is 2.53. The molecule has 0 aliphatic heterocycles. The molecule has 0 spiro atoms. The summed E-state index contributed by atoms with van der Waals surface area (Å²) in [4.78, 5) is 18.4. The van der Waals surface area contributed by atoms with Crippen LogP contribution in [0.4, 0.5) is 18.9 Å². The van der Waals surface area contributed by atoms with Crippen molar-refractivity contribution in [2.45, 2.75) is 44.7 Å². The number of ether oxygens (including phenoxy) is 1. The monoisotopic (exact) mass is 586 g/mol. The molecule has 6 rings (SSSR count). The molecular formula is C29H26ClF3N4O4. The van der Waals surface area contributed by atoms with Gasteiger partial charge in [0.05, 0.1) is 11.6 Å². The van der Waals surface area contributed by atoms with Crippen molar-refractivity contribution in [2.24, 2.45) is 5.92 Å². The van der Waals surface area contributed by atoms with Crippen molar-refractivity contribution in [2.75, 3.05) is 12.3 Å². The number of nitrogens with two attached hydrogens (primary N) is 1. The van der Waals surface area contributed by atoms with E-state index in [0.29, 0.717) is 11.8 Å². The second-order valence-electron chi connectivity index (χ2n) is 10.2. The molecule has 2 aromatic carbocycles. The van der Waals surface area contributed by atoms with E-state index in [1.807, 2.05) is 6.92 Å². The van der Waals surface area contributed by atoms with Crippen LogP contribution in [0.15, 0.2) is 53.2 Å². The molecule has 3 N–H and O–H groups in total. The number of benzene rings is 2. The van der Waals surface area contributed by atoms with Crippen LogP contribution in [0.5, 0.6) is 5.75 Å². The fourth-order valence-electron chi connectivity index (χ4n) is 5.19. The zero-order chi connectivity index (χ0) is 29.5. The molecule has 2 aliphatic rings. The van der Waals surface area contributed by atoms with Gasteiger partial charge in [-0.05, 0) is 53.5 Å². The number of aromatic nitrogens is 3. The number of halogens is 4. The van der Waals surface area contributed by atoms with Crippen LogP contribution in [0.2, 0.25) is 5.02 Å². The summed E-state index contributed by atoms with van der Waals surface area (Å²) in [6, 6.07) is 13.8. The number of hydrogen-bond donors (Lipinski definition) is 2. The largest absolute Gasteiger partial charge is 0.482 e. The molecule has 12 heteroatoms. The Labute approximate surface area is 238 Å². The minimum atomic E-state index is -4.52. The average molecular weight is 587 g/mol. The summed E-state index contributed by atoms with van der Waals surface area (Å²) in [5.41, 5.74) is 13.2. The molecule has 2 aliphatic carbocycles. The number of pyridine rings is 1. The first-order valence-electron chi connectivity index (χ1n) is 12.8. The van der Waals surface area contributed by atoms with Gasteiger partial charge in [0.15, 0.2) is 18.1 Å². The maximum Gasteiger partial charge on any atom is 0.422 e. The van der Waals surface area contributed by atoms with Gasteiger partial charge in [0.2, 0.25) is 5.89 Å². The van der Waals surface area contributed by atoms with Crippen molar-refractivity contribution >= 4 is 23.3 Å². The molecule has 2 heterocycles. The number of fused-ring (bicyclic) bond motifs is 3. The van der Waals surface area contributed by atoms with Crippen LogP contribution < -0.4 is 10.5 Å². The van der Waals surface area contributed by atoms with Crippen molar-refractivity contribution in [1.29, 1.82) is 0 Å². The van der Waals surface area contributed by atoms with Gasteiger partial charge in [-0.25, -0.2) is 9.78 Å². The van der Waals surface area contributed by atoms with E-state index in [1.165, 1.54) is 35.1 Å². The van der Waals surface area contributed by atoms with Crippen molar-refractivity contribution in [3.63, 3.8) is 0 Å². The quantitative estimate of drug-likeness (QED) is 0.213. The standard InChI is InChI=1S/C21H21N3O.C8H5ClF3NO3/c1-12-23-20(24-25-12)21(2,14-7-8-14)18-10-9-16-15-6-4-3-5-13(15)11-17(16)19(18)22;9-4-2-13-5(7(14)15)1-6(4)16-3-8(10,11)12/h3-6,9-10,14H,7-8,11,22H2,1-2H3;1-2H,3H2,(H,14,15). The molecule has 8 nitrogen and oxygen atoms in total. The van der Waals surface area contributed by atoms with E-state index in [2.05, 4.69) is 63.2 Å². The highest BCUT2D eigenvalue weighted by atomic mass is 35.5. The Morgan fingerprint density at radius 3 is 2.56 bits per heavy atom. The Morgan fingerprint density at radius 2 is 1.93 bits per heavy atom. The smallest absolute Gasteiger partial charge is 0.422 e. The van der Waals surface area contributed by atoms with E-state index >= 15 is 0 Å². The van der Waals surface area contributed by atoms with Crippen LogP contribution in [0.1, 0.15) is 58.7 Å². The van der Waals surface area contributed by atoms with Crippen molar-refractivity contribution < 1.29 is 32.3 Å². The van der Waals surface area contributed by atoms with Gasteiger partial charge in [-0.2, -0.15) is 18.2 Å². The van der Waals surface area contributed by atoms with Crippen molar-refractivity contribution in [3.05, 3.63) is 87.8 Å². The molecule has 41 heavy (non-hydrogen) atoms. The van der Waals surface area contributed by atoms with Crippen LogP contribution in [0.25, 0.3) is 11.1 Å². The third kappa shape index (κ3) is 5.72. The summed E-state index contributed by atoms with van der Waals surface area (Å²) in [5.74, 6) is 0.136. The summed E-state index contributed by atoms with van der Waals surface area (Å²) in [5, 5.41) is 12.6. The maximum absolute atomic E-state index is 11.8. The van der Waals surface area contributed by atoms with Gasteiger partial charge >= 0.3 is 12.1 Å². The number of alkyl halides is 3. The molecule has 2 aromatic heterocycles. The number of rotatable bonds is 6. The van der Waals surface area contributed by atoms with Gasteiger partial charge < -0.3 is 20.1 Å². The predicted octanol–water partition coefficient (Wildman–Crippen LogP) is 6.62. The fraction of sp³-hybridized carbons (Fsp3) is 0.310. The number of carboxylic acid groups (broad SMARTS) is 1. The normalized spacial score (nSPS) is 15.3. The van der Waals surface area contributed by atoms with Gasteiger partial charge in [0.25, 0.3) is 0 Å². The highest BCUT2D eigenvalue weighted by molar-refractivity contribution is 6.32. The Kier molecular flexibility index (Phi) is 7.41. The molecule has 1 unspecified atom stereocenters. The van der Waals surface area contributed by atoms with Crippen molar-refractivity contribution in [3.8, 4) is 16.9 Å². The van der Waals surface area contributed by atoms with Gasteiger partial charge in [0.1, 0.15) is 10.8 Å². The summed E-state index contributed by atoms with van der Waals surface area (Å²) in [6.07, 6.45) is -0.342. The van der Waals surface area contributed by atoms with Crippen molar-refractivity contribution in [1.82, 2.24) is 15.1 Å². The average Bonchev–Trinajstić information content (AvgIpc) is 3.58. The third-order valence-corrected chi connectivity index (χ3v) is 7.69. The van der Waals surface area contributed by atoms with E-state index in [1.54, 1.807) is 0 Å². The number of hydrogen-bond acceptors (Lipinski definition) is 7. The molecule has 214 valence electrons. The first kappa shape index (κ1) is 28.4. The third-order valence-electron chi connectivity index (χ3n) is 7.41. The van der Waals surface area contributed by atoms with E-state index < -0.39 is 24.4 Å². The minimum Gasteiger partial charge on any atom is -0.482 e. The molecule has 1 atom stereocenters. The SMILES string of the molecule is Cc1nc(C(C)(c2ccc3c(c2N)Cc2ccccc2-3)C2CC2)no1.O=C(O)c1cc(OCC(F)(F)F)c(Cl)cn1.